The Labute approximate surface area is 46.6 Å². The van der Waals surface area contributed by atoms with Gasteiger partial charge in [-0.2, -0.15) is 0 Å². The normalized spacial score (nSPS) is 7.20. The number of rotatable bonds is 2. The molecule has 0 fully saturated rings. The molecule has 0 saturated heterocycles. The molecular weight excluding hydrogens is 164 g/mol. The summed E-state index contributed by atoms with van der Waals surface area (Å²) in [5.41, 5.74) is 0. The standard InChI is InChI=1S/C3H6S.Mo/c1-2-3-4;/h2,4H,1,3H2;/q;+1/p-1. The van der Waals surface area contributed by atoms with E-state index >= 15 is 0 Å². The summed E-state index contributed by atoms with van der Waals surface area (Å²) in [4.78, 5) is 0. The van der Waals surface area contributed by atoms with Crippen molar-refractivity contribution in [2.45, 2.75) is 0 Å². The van der Waals surface area contributed by atoms with Gasteiger partial charge in [-0.3, -0.25) is 0 Å². The SMILES string of the molecule is C=CC[S][Mo]. The van der Waals surface area contributed by atoms with Gasteiger partial charge in [0.1, 0.15) is 0 Å². The van der Waals surface area contributed by atoms with Crippen LogP contribution in [-0.2, 0) is 18.5 Å². The summed E-state index contributed by atoms with van der Waals surface area (Å²) in [5, 5.41) is 0. The van der Waals surface area contributed by atoms with Crippen molar-refractivity contribution in [2.75, 3.05) is 5.75 Å². The van der Waals surface area contributed by atoms with Crippen molar-refractivity contribution in [3.05, 3.63) is 12.7 Å². The van der Waals surface area contributed by atoms with E-state index in [-0.39, 0.29) is 0 Å². The predicted molar refractivity (Wildman–Crippen MR) is 22.7 cm³/mol. The molecule has 0 atom stereocenters. The Morgan fingerprint density at radius 2 is 2.60 bits per heavy atom. The summed E-state index contributed by atoms with van der Waals surface area (Å²) >= 11 is 2.00. The average Bonchev–Trinajstić information content (AvgIpc) is 1.41. The van der Waals surface area contributed by atoms with E-state index in [1.54, 1.807) is 9.47 Å². The second-order valence-corrected chi connectivity index (χ2v) is 2.88. The van der Waals surface area contributed by atoms with E-state index in [1.807, 2.05) is 24.6 Å². The Kier molecular flexibility index (Phi) is 5.52. The van der Waals surface area contributed by atoms with Crippen molar-refractivity contribution < 1.29 is 18.5 Å². The van der Waals surface area contributed by atoms with Gasteiger partial charge in [0.15, 0.2) is 0 Å². The summed E-state index contributed by atoms with van der Waals surface area (Å²) in [6, 6.07) is 0. The van der Waals surface area contributed by atoms with Gasteiger partial charge in [0.05, 0.1) is 0 Å². The molecule has 0 aliphatic heterocycles. The third-order valence-corrected chi connectivity index (χ3v) is 1.56. The van der Waals surface area contributed by atoms with Crippen molar-refractivity contribution in [1.29, 1.82) is 0 Å². The molecule has 0 N–H and O–H groups in total. The Bertz CT molecular complexity index is 28.1. The van der Waals surface area contributed by atoms with Crippen LogP contribution in [-0.4, -0.2) is 5.75 Å². The summed E-state index contributed by atoms with van der Waals surface area (Å²) in [7, 11) is 1.79. The van der Waals surface area contributed by atoms with Crippen molar-refractivity contribution >= 4 is 9.47 Å². The van der Waals surface area contributed by atoms with Gasteiger partial charge >= 0.3 is 46.4 Å². The minimum absolute atomic E-state index is 1.07. The van der Waals surface area contributed by atoms with E-state index < -0.39 is 0 Å². The number of hydrogen-bond acceptors (Lipinski definition) is 1. The van der Waals surface area contributed by atoms with Crippen LogP contribution in [0.25, 0.3) is 0 Å². The number of hydrogen-bond donors (Lipinski definition) is 0. The zero-order valence-electron chi connectivity index (χ0n) is 2.81. The molecule has 0 heterocycles. The first kappa shape index (κ1) is 5.78. The Balaban J connectivity index is 2.40. The van der Waals surface area contributed by atoms with Crippen molar-refractivity contribution in [1.82, 2.24) is 0 Å². The summed E-state index contributed by atoms with van der Waals surface area (Å²) in [6.07, 6.45) is 1.90. The van der Waals surface area contributed by atoms with Gasteiger partial charge in [-0.05, 0) is 0 Å². The third-order valence-electron chi connectivity index (χ3n) is 0.186. The molecule has 5 heavy (non-hydrogen) atoms. The molecule has 0 aromatic carbocycles. The summed E-state index contributed by atoms with van der Waals surface area (Å²) in [5.74, 6) is 1.07. The third kappa shape index (κ3) is 4.78. The fourth-order valence-electron chi connectivity index (χ4n) is 0.0481. The average molecular weight is 169 g/mol. The van der Waals surface area contributed by atoms with Gasteiger partial charge in [0.2, 0.25) is 0 Å². The van der Waals surface area contributed by atoms with E-state index in [0.29, 0.717) is 0 Å². The molecule has 0 saturated carbocycles. The van der Waals surface area contributed by atoms with Crippen molar-refractivity contribution in [3.63, 3.8) is 0 Å². The van der Waals surface area contributed by atoms with Gasteiger partial charge in [-0.25, -0.2) is 0 Å². The van der Waals surface area contributed by atoms with Crippen LogP contribution in [0.3, 0.4) is 0 Å². The molecule has 0 aliphatic rings. The Hall–Kier alpha value is 0.778. The molecule has 0 bridgehead atoms. The maximum atomic E-state index is 3.53. The van der Waals surface area contributed by atoms with Crippen molar-refractivity contribution in [3.8, 4) is 0 Å². The van der Waals surface area contributed by atoms with Crippen LogP contribution >= 0.6 is 9.47 Å². The molecule has 0 nitrogen and oxygen atoms in total. The Morgan fingerprint density at radius 3 is 2.60 bits per heavy atom. The molecule has 2 heteroatoms. The van der Waals surface area contributed by atoms with Crippen LogP contribution in [0.4, 0.5) is 0 Å². The van der Waals surface area contributed by atoms with Gasteiger partial charge in [0, 0.05) is 0 Å². The van der Waals surface area contributed by atoms with E-state index in [1.165, 1.54) is 0 Å². The van der Waals surface area contributed by atoms with Crippen LogP contribution in [0.5, 0.6) is 0 Å². The monoisotopic (exact) mass is 171 g/mol. The van der Waals surface area contributed by atoms with Gasteiger partial charge < -0.3 is 0 Å². The van der Waals surface area contributed by atoms with Crippen LogP contribution in [0.15, 0.2) is 12.7 Å². The predicted octanol–water partition coefficient (Wildman–Crippen LogP) is 1.37. The fourth-order valence-corrected chi connectivity index (χ4v) is 0.854. The van der Waals surface area contributed by atoms with Crippen LogP contribution in [0, 0.1) is 0 Å². The first-order valence-electron chi connectivity index (χ1n) is 1.27. The second-order valence-electron chi connectivity index (χ2n) is 0.573. The first-order valence-corrected chi connectivity index (χ1v) is 4.64. The molecule has 0 aromatic heterocycles. The van der Waals surface area contributed by atoms with E-state index in [4.69, 9.17) is 0 Å². The fraction of sp³-hybridized carbons (Fsp3) is 0.333. The zero-order valence-corrected chi connectivity index (χ0v) is 5.63. The van der Waals surface area contributed by atoms with Crippen LogP contribution in [0.1, 0.15) is 0 Å². The molecule has 0 radical (unpaired) electrons. The molecular formula is C3H5MoS. The molecule has 0 unspecified atom stereocenters. The first-order chi connectivity index (χ1) is 2.41. The quantitative estimate of drug-likeness (QED) is 0.444. The van der Waals surface area contributed by atoms with E-state index in [0.717, 1.165) is 5.75 Å². The van der Waals surface area contributed by atoms with Crippen LogP contribution in [0.2, 0.25) is 0 Å². The minimum atomic E-state index is 1.07. The van der Waals surface area contributed by atoms with Gasteiger partial charge in [-0.1, -0.05) is 0 Å². The second kappa shape index (κ2) is 4.78. The molecule has 29 valence electrons. The Morgan fingerprint density at radius 1 is 2.00 bits per heavy atom. The van der Waals surface area contributed by atoms with Gasteiger partial charge in [-0.15, -0.1) is 0 Å². The zero-order chi connectivity index (χ0) is 4.12. The summed E-state index contributed by atoms with van der Waals surface area (Å²) < 4.78 is 0. The van der Waals surface area contributed by atoms with E-state index in [2.05, 4.69) is 6.58 Å². The maximum absolute atomic E-state index is 3.53. The summed E-state index contributed by atoms with van der Waals surface area (Å²) in [6.45, 7) is 3.53. The van der Waals surface area contributed by atoms with Crippen molar-refractivity contribution in [2.24, 2.45) is 0 Å². The topological polar surface area (TPSA) is 0 Å². The molecule has 0 aromatic rings. The molecule has 0 rings (SSSR count). The van der Waals surface area contributed by atoms with Gasteiger partial charge in [0.25, 0.3) is 0 Å². The molecule has 0 amide bonds. The van der Waals surface area contributed by atoms with Crippen LogP contribution < -0.4 is 0 Å². The van der Waals surface area contributed by atoms with E-state index in [9.17, 15) is 0 Å². The molecule has 0 spiro atoms. The molecule has 0 aliphatic carbocycles.